The van der Waals surface area contributed by atoms with E-state index in [-0.39, 0.29) is 5.56 Å². The minimum atomic E-state index is -0.119. The zero-order valence-electron chi connectivity index (χ0n) is 10.7. The summed E-state index contributed by atoms with van der Waals surface area (Å²) >= 11 is 1.55. The van der Waals surface area contributed by atoms with Gasteiger partial charge >= 0.3 is 0 Å². The zero-order chi connectivity index (χ0) is 13.1. The van der Waals surface area contributed by atoms with Crippen molar-refractivity contribution in [2.24, 2.45) is 7.05 Å². The van der Waals surface area contributed by atoms with Gasteiger partial charge in [-0.3, -0.25) is 4.79 Å². The van der Waals surface area contributed by atoms with Gasteiger partial charge in [0.05, 0.1) is 0 Å². The predicted octanol–water partition coefficient (Wildman–Crippen LogP) is 2.11. The molecule has 2 heterocycles. The Morgan fingerprint density at radius 2 is 2.22 bits per heavy atom. The normalized spacial score (nSPS) is 12.4. The molecule has 18 heavy (non-hydrogen) atoms. The number of nitrogens with zero attached hydrogens (tertiary/aromatic N) is 3. The summed E-state index contributed by atoms with van der Waals surface area (Å²) in [4.78, 5) is 15.7. The molecule has 0 fully saturated rings. The first-order valence-corrected chi connectivity index (χ1v) is 6.75. The van der Waals surface area contributed by atoms with Crippen molar-refractivity contribution >= 4 is 16.5 Å². The lowest BCUT2D eigenvalue weighted by molar-refractivity contribution is 0.711. The van der Waals surface area contributed by atoms with Gasteiger partial charge in [0.25, 0.3) is 5.56 Å². The van der Waals surface area contributed by atoms with Gasteiger partial charge < -0.3 is 5.32 Å². The molecule has 0 bridgehead atoms. The molecule has 1 unspecified atom stereocenters. The van der Waals surface area contributed by atoms with E-state index < -0.39 is 0 Å². The summed E-state index contributed by atoms with van der Waals surface area (Å²) in [6.45, 7) is 4.24. The highest BCUT2D eigenvalue weighted by Gasteiger charge is 2.08. The van der Waals surface area contributed by atoms with Crippen molar-refractivity contribution in [3.8, 4) is 11.4 Å². The van der Waals surface area contributed by atoms with Crippen LogP contribution in [0, 0.1) is 0 Å². The van der Waals surface area contributed by atoms with Crippen molar-refractivity contribution in [3.63, 3.8) is 0 Å². The van der Waals surface area contributed by atoms with Gasteiger partial charge in [-0.15, -0.1) is 11.3 Å². The van der Waals surface area contributed by atoms with Crippen LogP contribution in [0.1, 0.15) is 20.3 Å². The van der Waals surface area contributed by atoms with E-state index in [1.54, 1.807) is 24.5 Å². The largest absolute Gasteiger partial charge is 0.359 e. The fraction of sp³-hybridized carbons (Fsp3) is 0.417. The summed E-state index contributed by atoms with van der Waals surface area (Å²) < 4.78 is 1.32. The predicted molar refractivity (Wildman–Crippen MR) is 74.0 cm³/mol. The number of aromatic nitrogens is 3. The van der Waals surface area contributed by atoms with Crippen LogP contribution in [0.2, 0.25) is 0 Å². The van der Waals surface area contributed by atoms with Crippen LogP contribution in [0.4, 0.5) is 5.13 Å². The molecule has 6 heteroatoms. The highest BCUT2D eigenvalue weighted by atomic mass is 32.1. The molecule has 1 N–H and O–H groups in total. The van der Waals surface area contributed by atoms with Crippen LogP contribution in [0.5, 0.6) is 0 Å². The quantitative estimate of drug-likeness (QED) is 0.919. The fourth-order valence-corrected chi connectivity index (χ4v) is 2.23. The van der Waals surface area contributed by atoms with Gasteiger partial charge in [-0.05, 0) is 19.4 Å². The Kier molecular flexibility index (Phi) is 3.76. The van der Waals surface area contributed by atoms with Crippen molar-refractivity contribution in [3.05, 3.63) is 27.9 Å². The van der Waals surface area contributed by atoms with Crippen LogP contribution in [0.25, 0.3) is 11.4 Å². The van der Waals surface area contributed by atoms with Crippen LogP contribution < -0.4 is 10.9 Å². The lowest BCUT2D eigenvalue weighted by atomic mass is 10.3. The Balaban J connectivity index is 2.23. The number of hydrogen-bond acceptors (Lipinski definition) is 5. The van der Waals surface area contributed by atoms with E-state index >= 15 is 0 Å². The zero-order valence-corrected chi connectivity index (χ0v) is 11.5. The molecule has 0 saturated carbocycles. The van der Waals surface area contributed by atoms with Crippen molar-refractivity contribution < 1.29 is 0 Å². The number of anilines is 1. The number of aryl methyl sites for hydroxylation is 1. The molecule has 5 nitrogen and oxygen atoms in total. The number of thiazole rings is 1. The van der Waals surface area contributed by atoms with Crippen LogP contribution in [-0.4, -0.2) is 20.8 Å². The molecule has 0 aliphatic rings. The fourth-order valence-electron chi connectivity index (χ4n) is 1.41. The summed E-state index contributed by atoms with van der Waals surface area (Å²) in [5, 5.41) is 10.3. The lowest BCUT2D eigenvalue weighted by Crippen LogP contribution is -2.18. The van der Waals surface area contributed by atoms with Crippen molar-refractivity contribution in [2.75, 3.05) is 5.32 Å². The van der Waals surface area contributed by atoms with E-state index in [1.807, 2.05) is 5.38 Å². The van der Waals surface area contributed by atoms with Gasteiger partial charge in [0, 0.05) is 24.5 Å². The maximum Gasteiger partial charge on any atom is 0.266 e. The Labute approximate surface area is 110 Å². The summed E-state index contributed by atoms with van der Waals surface area (Å²) in [5.41, 5.74) is 1.39. The SMILES string of the molecule is CCC(C)Nc1nc(-c2ccc(=O)n(C)n2)cs1. The van der Waals surface area contributed by atoms with E-state index in [2.05, 4.69) is 29.2 Å². The molecule has 2 aromatic heterocycles. The molecule has 1 atom stereocenters. The summed E-state index contributed by atoms with van der Waals surface area (Å²) in [6.07, 6.45) is 1.05. The maximum absolute atomic E-state index is 11.3. The maximum atomic E-state index is 11.3. The minimum absolute atomic E-state index is 0.119. The third kappa shape index (κ3) is 2.76. The molecule has 0 saturated heterocycles. The van der Waals surface area contributed by atoms with Gasteiger partial charge in [0.2, 0.25) is 0 Å². The first-order valence-electron chi connectivity index (χ1n) is 5.87. The van der Waals surface area contributed by atoms with Gasteiger partial charge in [-0.1, -0.05) is 6.92 Å². The van der Waals surface area contributed by atoms with Crippen molar-refractivity contribution in [1.82, 2.24) is 14.8 Å². The first kappa shape index (κ1) is 12.8. The van der Waals surface area contributed by atoms with Crippen LogP contribution in [0.15, 0.2) is 22.3 Å². The average molecular weight is 264 g/mol. The average Bonchev–Trinajstić information content (AvgIpc) is 2.81. The van der Waals surface area contributed by atoms with Gasteiger partial charge in [0.1, 0.15) is 11.4 Å². The topological polar surface area (TPSA) is 59.8 Å². The van der Waals surface area contributed by atoms with Gasteiger partial charge in [-0.25, -0.2) is 9.67 Å². The lowest BCUT2D eigenvalue weighted by Gasteiger charge is -2.08. The highest BCUT2D eigenvalue weighted by molar-refractivity contribution is 7.14. The van der Waals surface area contributed by atoms with E-state index in [4.69, 9.17) is 0 Å². The minimum Gasteiger partial charge on any atom is -0.359 e. The smallest absolute Gasteiger partial charge is 0.266 e. The second-order valence-electron chi connectivity index (χ2n) is 4.17. The molecule has 0 aliphatic heterocycles. The molecule has 0 spiro atoms. The van der Waals surface area contributed by atoms with Gasteiger partial charge in [0.15, 0.2) is 5.13 Å². The molecule has 0 radical (unpaired) electrons. The second-order valence-corrected chi connectivity index (χ2v) is 5.03. The standard InChI is InChI=1S/C12H16N4OS/c1-4-8(2)13-12-14-10(7-18-12)9-5-6-11(17)16(3)15-9/h5-8H,4H2,1-3H3,(H,13,14). The highest BCUT2D eigenvalue weighted by Crippen LogP contribution is 2.23. The van der Waals surface area contributed by atoms with E-state index in [1.165, 1.54) is 10.7 Å². The molecule has 0 aliphatic carbocycles. The van der Waals surface area contributed by atoms with E-state index in [0.29, 0.717) is 11.7 Å². The third-order valence-corrected chi connectivity index (χ3v) is 3.48. The number of hydrogen-bond donors (Lipinski definition) is 1. The van der Waals surface area contributed by atoms with Crippen LogP contribution in [-0.2, 0) is 7.05 Å². The molecular weight excluding hydrogens is 248 g/mol. The van der Waals surface area contributed by atoms with Crippen molar-refractivity contribution in [1.29, 1.82) is 0 Å². The summed E-state index contributed by atoms with van der Waals surface area (Å²) in [5.74, 6) is 0. The van der Waals surface area contributed by atoms with Crippen LogP contribution >= 0.6 is 11.3 Å². The summed E-state index contributed by atoms with van der Waals surface area (Å²) in [6, 6.07) is 3.60. The Morgan fingerprint density at radius 1 is 1.44 bits per heavy atom. The summed E-state index contributed by atoms with van der Waals surface area (Å²) in [7, 11) is 1.64. The molecule has 96 valence electrons. The molecule has 2 rings (SSSR count). The Morgan fingerprint density at radius 3 is 2.89 bits per heavy atom. The molecular formula is C12H16N4OS. The number of rotatable bonds is 4. The molecule has 0 aromatic carbocycles. The number of nitrogens with one attached hydrogen (secondary N) is 1. The van der Waals surface area contributed by atoms with E-state index in [9.17, 15) is 4.79 Å². The Bertz CT molecular complexity index is 590. The molecule has 2 aromatic rings. The Hall–Kier alpha value is -1.69. The first-order chi connectivity index (χ1) is 8.60. The third-order valence-electron chi connectivity index (χ3n) is 2.71. The van der Waals surface area contributed by atoms with Gasteiger partial charge in [-0.2, -0.15) is 5.10 Å². The van der Waals surface area contributed by atoms with Crippen molar-refractivity contribution in [2.45, 2.75) is 26.3 Å². The van der Waals surface area contributed by atoms with E-state index in [0.717, 1.165) is 17.2 Å². The van der Waals surface area contributed by atoms with Crippen LogP contribution in [0.3, 0.4) is 0 Å². The monoisotopic (exact) mass is 264 g/mol. The second kappa shape index (κ2) is 5.30. The molecule has 0 amide bonds.